The smallest absolute Gasteiger partial charge is 0.408 e. The average Bonchev–Trinajstić information content (AvgIpc) is 2.58. The molecule has 1 rings (SSSR count). The molecular formula is C18H24N2O7. The summed E-state index contributed by atoms with van der Waals surface area (Å²) in [5.41, 5.74) is 0.768. The minimum absolute atomic E-state index is 0.0120. The number of benzene rings is 1. The molecule has 4 N–H and O–H groups in total. The number of nitrogens with one attached hydrogen (secondary N) is 2. The molecule has 0 aliphatic carbocycles. The molecule has 0 aliphatic heterocycles. The van der Waals surface area contributed by atoms with E-state index in [1.165, 1.54) is 0 Å². The number of carboxylic acids is 2. The van der Waals surface area contributed by atoms with Gasteiger partial charge in [-0.05, 0) is 17.9 Å². The quantitative estimate of drug-likeness (QED) is 0.480. The summed E-state index contributed by atoms with van der Waals surface area (Å²) in [5.74, 6) is -3.61. The lowest BCUT2D eigenvalue weighted by Gasteiger charge is -2.22. The van der Waals surface area contributed by atoms with Gasteiger partial charge < -0.3 is 25.6 Å². The van der Waals surface area contributed by atoms with Gasteiger partial charge in [0.2, 0.25) is 5.91 Å². The number of rotatable bonds is 10. The van der Waals surface area contributed by atoms with E-state index in [0.717, 1.165) is 5.56 Å². The highest BCUT2D eigenvalue weighted by atomic mass is 16.5. The van der Waals surface area contributed by atoms with Gasteiger partial charge in [-0.15, -0.1) is 0 Å². The van der Waals surface area contributed by atoms with Crippen molar-refractivity contribution < 1.29 is 34.1 Å². The first kappa shape index (κ1) is 21.9. The summed E-state index contributed by atoms with van der Waals surface area (Å²) >= 11 is 0. The summed E-state index contributed by atoms with van der Waals surface area (Å²) in [6.07, 6.45) is -1.37. The Balaban J connectivity index is 2.69. The number of ether oxygens (including phenoxy) is 1. The van der Waals surface area contributed by atoms with E-state index in [1.807, 2.05) is 19.9 Å². The number of hydrogen-bond acceptors (Lipinski definition) is 5. The zero-order valence-electron chi connectivity index (χ0n) is 15.2. The van der Waals surface area contributed by atoms with Crippen molar-refractivity contribution in [1.82, 2.24) is 10.6 Å². The van der Waals surface area contributed by atoms with Crippen LogP contribution >= 0.6 is 0 Å². The average molecular weight is 380 g/mol. The van der Waals surface area contributed by atoms with Crippen molar-refractivity contribution in [1.29, 1.82) is 0 Å². The molecule has 0 aromatic heterocycles. The highest BCUT2D eigenvalue weighted by molar-refractivity contribution is 5.90. The third-order valence-corrected chi connectivity index (χ3v) is 3.52. The zero-order chi connectivity index (χ0) is 20.4. The van der Waals surface area contributed by atoms with Crippen molar-refractivity contribution in [3.63, 3.8) is 0 Å². The number of carbonyl (C=O) groups is 4. The first-order valence-corrected chi connectivity index (χ1v) is 8.41. The van der Waals surface area contributed by atoms with E-state index < -0.39 is 42.4 Å². The molecule has 0 fully saturated rings. The number of carbonyl (C=O) groups excluding carboxylic acids is 2. The standard InChI is InChI=1S/C18H24N2O7/c1-11(2)8-13(16(23)19-14(17(24)25)9-15(21)22)20-18(26)27-10-12-6-4-3-5-7-12/h3-7,11,13-14H,8-10H2,1-2H3,(H,19,23)(H,20,26)(H,21,22)(H,24,25)/t13-,14-/m0/s1. The first-order valence-electron chi connectivity index (χ1n) is 8.41. The second-order valence-electron chi connectivity index (χ2n) is 6.39. The molecule has 148 valence electrons. The van der Waals surface area contributed by atoms with Crippen molar-refractivity contribution in [2.24, 2.45) is 5.92 Å². The van der Waals surface area contributed by atoms with Crippen LogP contribution in [0.25, 0.3) is 0 Å². The third-order valence-electron chi connectivity index (χ3n) is 3.52. The van der Waals surface area contributed by atoms with Crippen LogP contribution in [0.1, 0.15) is 32.3 Å². The van der Waals surface area contributed by atoms with Crippen LogP contribution in [0.2, 0.25) is 0 Å². The van der Waals surface area contributed by atoms with E-state index in [0.29, 0.717) is 0 Å². The second-order valence-corrected chi connectivity index (χ2v) is 6.39. The van der Waals surface area contributed by atoms with E-state index in [9.17, 15) is 19.2 Å². The second kappa shape index (κ2) is 10.8. The van der Waals surface area contributed by atoms with Gasteiger partial charge in [0.05, 0.1) is 6.42 Å². The Morgan fingerprint density at radius 3 is 2.15 bits per heavy atom. The summed E-state index contributed by atoms with van der Waals surface area (Å²) < 4.78 is 5.07. The van der Waals surface area contributed by atoms with E-state index in [1.54, 1.807) is 24.3 Å². The molecule has 0 spiro atoms. The minimum Gasteiger partial charge on any atom is -0.481 e. The number of amides is 2. The van der Waals surface area contributed by atoms with Crippen LogP contribution in [0.3, 0.4) is 0 Å². The van der Waals surface area contributed by atoms with Crippen LogP contribution < -0.4 is 10.6 Å². The molecule has 9 nitrogen and oxygen atoms in total. The summed E-state index contributed by atoms with van der Waals surface area (Å²) in [5, 5.41) is 22.3. The van der Waals surface area contributed by atoms with Crippen LogP contribution in [-0.2, 0) is 25.7 Å². The van der Waals surface area contributed by atoms with Crippen molar-refractivity contribution in [2.75, 3.05) is 0 Å². The molecule has 2 amide bonds. The lowest BCUT2D eigenvalue weighted by atomic mass is 10.0. The number of aliphatic carboxylic acids is 2. The monoisotopic (exact) mass is 380 g/mol. The predicted molar refractivity (Wildman–Crippen MR) is 94.8 cm³/mol. The molecule has 0 saturated carbocycles. The van der Waals surface area contributed by atoms with Gasteiger partial charge in [0, 0.05) is 0 Å². The molecule has 27 heavy (non-hydrogen) atoms. The lowest BCUT2D eigenvalue weighted by molar-refractivity contribution is -0.147. The molecule has 0 unspecified atom stereocenters. The van der Waals surface area contributed by atoms with Gasteiger partial charge in [0.1, 0.15) is 18.7 Å². The fourth-order valence-corrected chi connectivity index (χ4v) is 2.26. The largest absolute Gasteiger partial charge is 0.481 e. The van der Waals surface area contributed by atoms with Gasteiger partial charge in [-0.25, -0.2) is 9.59 Å². The van der Waals surface area contributed by atoms with Gasteiger partial charge in [-0.1, -0.05) is 44.2 Å². The topological polar surface area (TPSA) is 142 Å². The maximum absolute atomic E-state index is 12.3. The molecule has 2 atom stereocenters. The van der Waals surface area contributed by atoms with Crippen LogP contribution in [-0.4, -0.2) is 46.2 Å². The van der Waals surface area contributed by atoms with Crippen molar-refractivity contribution >= 4 is 23.9 Å². The molecule has 0 saturated heterocycles. The zero-order valence-corrected chi connectivity index (χ0v) is 15.2. The molecule has 9 heteroatoms. The van der Waals surface area contributed by atoms with E-state index in [-0.39, 0.29) is 18.9 Å². The molecular weight excluding hydrogens is 356 g/mol. The maximum Gasteiger partial charge on any atom is 0.408 e. The van der Waals surface area contributed by atoms with Crippen molar-refractivity contribution in [3.8, 4) is 0 Å². The third kappa shape index (κ3) is 8.70. The lowest BCUT2D eigenvalue weighted by Crippen LogP contribution is -2.52. The Morgan fingerprint density at radius 2 is 1.63 bits per heavy atom. The molecule has 0 radical (unpaired) electrons. The van der Waals surface area contributed by atoms with Crippen LogP contribution in [0.15, 0.2) is 30.3 Å². The van der Waals surface area contributed by atoms with Gasteiger partial charge in [-0.2, -0.15) is 0 Å². The van der Waals surface area contributed by atoms with Crippen LogP contribution in [0.4, 0.5) is 4.79 Å². The molecule has 0 heterocycles. The van der Waals surface area contributed by atoms with Crippen LogP contribution in [0.5, 0.6) is 0 Å². The SMILES string of the molecule is CC(C)C[C@H](NC(=O)OCc1ccccc1)C(=O)N[C@@H](CC(=O)O)C(=O)O. The predicted octanol–water partition coefficient (Wildman–Crippen LogP) is 1.37. The Kier molecular flexibility index (Phi) is 8.77. The molecule has 0 bridgehead atoms. The minimum atomic E-state index is -1.59. The van der Waals surface area contributed by atoms with Gasteiger partial charge in [0.15, 0.2) is 0 Å². The van der Waals surface area contributed by atoms with Crippen molar-refractivity contribution in [3.05, 3.63) is 35.9 Å². The summed E-state index contributed by atoms with van der Waals surface area (Å²) in [6, 6.07) is 6.31. The van der Waals surface area contributed by atoms with E-state index in [4.69, 9.17) is 14.9 Å². The fraction of sp³-hybridized carbons (Fsp3) is 0.444. The molecule has 1 aromatic rings. The van der Waals surface area contributed by atoms with Gasteiger partial charge >= 0.3 is 18.0 Å². The first-order chi connectivity index (χ1) is 12.7. The Morgan fingerprint density at radius 1 is 1.00 bits per heavy atom. The normalized spacial score (nSPS) is 12.7. The number of carboxylic acid groups (broad SMARTS) is 2. The maximum atomic E-state index is 12.3. The molecule has 1 aromatic carbocycles. The fourth-order valence-electron chi connectivity index (χ4n) is 2.26. The van der Waals surface area contributed by atoms with Gasteiger partial charge in [-0.3, -0.25) is 9.59 Å². The summed E-state index contributed by atoms with van der Waals surface area (Å²) in [6.45, 7) is 3.66. The Labute approximate surface area is 156 Å². The number of hydrogen-bond donors (Lipinski definition) is 4. The number of alkyl carbamates (subject to hydrolysis) is 1. The summed E-state index contributed by atoms with van der Waals surface area (Å²) in [7, 11) is 0. The van der Waals surface area contributed by atoms with Gasteiger partial charge in [0.25, 0.3) is 0 Å². The van der Waals surface area contributed by atoms with Crippen molar-refractivity contribution in [2.45, 2.75) is 45.4 Å². The molecule has 0 aliphatic rings. The summed E-state index contributed by atoms with van der Waals surface area (Å²) in [4.78, 5) is 46.2. The Bertz CT molecular complexity index is 661. The Hall–Kier alpha value is -3.10. The van der Waals surface area contributed by atoms with Crippen LogP contribution in [0, 0.1) is 5.92 Å². The highest BCUT2D eigenvalue weighted by Crippen LogP contribution is 2.07. The van der Waals surface area contributed by atoms with E-state index >= 15 is 0 Å². The van der Waals surface area contributed by atoms with E-state index in [2.05, 4.69) is 10.6 Å². The highest BCUT2D eigenvalue weighted by Gasteiger charge is 2.28.